The highest BCUT2D eigenvalue weighted by Crippen LogP contribution is 2.33. The van der Waals surface area contributed by atoms with E-state index in [2.05, 4.69) is 52.1 Å². The molecule has 1 aromatic heterocycles. The molecule has 0 bridgehead atoms. The first kappa shape index (κ1) is 18.8. The van der Waals surface area contributed by atoms with E-state index in [9.17, 15) is 9.18 Å². The summed E-state index contributed by atoms with van der Waals surface area (Å²) in [4.78, 5) is 18.7. The van der Waals surface area contributed by atoms with Crippen molar-refractivity contribution in [3.8, 4) is 11.4 Å². The molecule has 2 aromatic carbocycles. The maximum absolute atomic E-state index is 13.4. The highest BCUT2D eigenvalue weighted by Gasteiger charge is 2.35. The van der Waals surface area contributed by atoms with Crippen LogP contribution >= 0.6 is 15.9 Å². The molecule has 0 spiro atoms. The Balaban J connectivity index is 1.52. The van der Waals surface area contributed by atoms with Crippen molar-refractivity contribution in [2.24, 2.45) is 0 Å². The molecule has 5 nitrogen and oxygen atoms in total. The van der Waals surface area contributed by atoms with Crippen LogP contribution < -0.4 is 4.90 Å². The SMILES string of the molecule is CC(C)c1ccc(N2CC(c3nc(-c4ccc(F)c(Br)c4)no3)CC2=O)cc1. The highest BCUT2D eigenvalue weighted by atomic mass is 79.9. The molecular formula is C21H19BrFN3O2. The Morgan fingerprint density at radius 2 is 1.96 bits per heavy atom. The number of aromatic nitrogens is 2. The fourth-order valence-corrected chi connectivity index (χ4v) is 3.69. The van der Waals surface area contributed by atoms with Crippen LogP contribution in [0.1, 0.15) is 43.6 Å². The molecule has 1 aliphatic heterocycles. The monoisotopic (exact) mass is 443 g/mol. The topological polar surface area (TPSA) is 59.2 Å². The van der Waals surface area contributed by atoms with Crippen molar-refractivity contribution in [1.29, 1.82) is 0 Å². The Morgan fingerprint density at radius 1 is 1.21 bits per heavy atom. The largest absolute Gasteiger partial charge is 0.339 e. The molecule has 4 rings (SSSR count). The van der Waals surface area contributed by atoms with Crippen LogP contribution in [0.3, 0.4) is 0 Å². The Bertz CT molecular complexity index is 1020. The lowest BCUT2D eigenvalue weighted by atomic mass is 10.0. The highest BCUT2D eigenvalue weighted by molar-refractivity contribution is 9.10. The van der Waals surface area contributed by atoms with E-state index in [0.717, 1.165) is 5.69 Å². The average molecular weight is 444 g/mol. The zero-order valence-electron chi connectivity index (χ0n) is 15.5. The molecular weight excluding hydrogens is 425 g/mol. The number of halogens is 2. The maximum Gasteiger partial charge on any atom is 0.232 e. The van der Waals surface area contributed by atoms with Gasteiger partial charge in [0.1, 0.15) is 5.82 Å². The molecule has 1 unspecified atom stereocenters. The first-order chi connectivity index (χ1) is 13.4. The predicted molar refractivity (Wildman–Crippen MR) is 108 cm³/mol. The predicted octanol–water partition coefficient (Wildman–Crippen LogP) is 5.28. The Kier molecular flexibility index (Phi) is 5.02. The second kappa shape index (κ2) is 7.47. The fraction of sp³-hybridized carbons (Fsp3) is 0.286. The maximum atomic E-state index is 13.4. The minimum atomic E-state index is -0.354. The van der Waals surface area contributed by atoms with Gasteiger partial charge in [0.25, 0.3) is 0 Å². The van der Waals surface area contributed by atoms with Crippen LogP contribution in [0.2, 0.25) is 0 Å². The van der Waals surface area contributed by atoms with Crippen LogP contribution in [-0.2, 0) is 4.79 Å². The molecule has 1 amide bonds. The van der Waals surface area contributed by atoms with E-state index in [-0.39, 0.29) is 17.6 Å². The van der Waals surface area contributed by atoms with E-state index >= 15 is 0 Å². The summed E-state index contributed by atoms with van der Waals surface area (Å²) in [6.45, 7) is 4.77. The second-order valence-electron chi connectivity index (χ2n) is 7.24. The third kappa shape index (κ3) is 3.58. The number of amides is 1. The molecule has 0 N–H and O–H groups in total. The van der Waals surface area contributed by atoms with E-state index in [4.69, 9.17) is 4.52 Å². The van der Waals surface area contributed by atoms with Gasteiger partial charge in [-0.3, -0.25) is 4.79 Å². The Morgan fingerprint density at radius 3 is 2.64 bits per heavy atom. The summed E-state index contributed by atoms with van der Waals surface area (Å²) in [7, 11) is 0. The average Bonchev–Trinajstić information content (AvgIpc) is 3.31. The molecule has 1 aliphatic rings. The van der Waals surface area contributed by atoms with Crippen molar-refractivity contribution >= 4 is 27.5 Å². The smallest absolute Gasteiger partial charge is 0.232 e. The minimum Gasteiger partial charge on any atom is -0.339 e. The number of carbonyl (C=O) groups is 1. The summed E-state index contributed by atoms with van der Waals surface area (Å²) in [6.07, 6.45) is 0.320. The standard InChI is InChI=1S/C21H19BrFN3O2/c1-12(2)13-3-6-16(7-4-13)26-11-15(10-19(26)27)21-24-20(25-28-21)14-5-8-18(23)17(22)9-14/h3-9,12,15H,10-11H2,1-2H3. The zero-order chi connectivity index (χ0) is 19.8. The van der Waals surface area contributed by atoms with Gasteiger partial charge in [0, 0.05) is 24.2 Å². The molecule has 28 heavy (non-hydrogen) atoms. The normalized spacial score (nSPS) is 17.0. The molecule has 0 saturated carbocycles. The number of benzene rings is 2. The van der Waals surface area contributed by atoms with Crippen molar-refractivity contribution in [2.45, 2.75) is 32.1 Å². The van der Waals surface area contributed by atoms with E-state index in [1.165, 1.54) is 11.6 Å². The van der Waals surface area contributed by atoms with Crippen LogP contribution in [0.4, 0.5) is 10.1 Å². The van der Waals surface area contributed by atoms with Gasteiger partial charge in [-0.05, 0) is 57.7 Å². The number of nitrogens with zero attached hydrogens (tertiary/aromatic N) is 3. The van der Waals surface area contributed by atoms with Gasteiger partial charge in [-0.15, -0.1) is 0 Å². The lowest BCUT2D eigenvalue weighted by molar-refractivity contribution is -0.117. The van der Waals surface area contributed by atoms with E-state index in [0.29, 0.717) is 40.6 Å². The van der Waals surface area contributed by atoms with Gasteiger partial charge in [-0.25, -0.2) is 4.39 Å². The molecule has 2 heterocycles. The summed E-state index contributed by atoms with van der Waals surface area (Å²) in [5, 5.41) is 4.00. The quantitative estimate of drug-likeness (QED) is 0.549. The van der Waals surface area contributed by atoms with Crippen molar-refractivity contribution in [1.82, 2.24) is 10.1 Å². The van der Waals surface area contributed by atoms with E-state index in [1.807, 2.05) is 12.1 Å². The number of rotatable bonds is 4. The molecule has 0 radical (unpaired) electrons. The Labute approximate surface area is 170 Å². The lowest BCUT2D eigenvalue weighted by Gasteiger charge is -2.17. The summed E-state index contributed by atoms with van der Waals surface area (Å²) in [5.74, 6) is 0.759. The van der Waals surface area contributed by atoms with E-state index in [1.54, 1.807) is 17.0 Å². The van der Waals surface area contributed by atoms with Gasteiger partial charge in [-0.2, -0.15) is 4.98 Å². The summed E-state index contributed by atoms with van der Waals surface area (Å²) in [6, 6.07) is 12.6. The van der Waals surface area contributed by atoms with Crippen molar-refractivity contribution in [2.75, 3.05) is 11.4 Å². The zero-order valence-corrected chi connectivity index (χ0v) is 17.1. The van der Waals surface area contributed by atoms with Crippen LogP contribution in [0.25, 0.3) is 11.4 Å². The summed E-state index contributed by atoms with van der Waals surface area (Å²) >= 11 is 3.16. The first-order valence-corrected chi connectivity index (χ1v) is 9.91. The number of anilines is 1. The first-order valence-electron chi connectivity index (χ1n) is 9.11. The third-order valence-corrected chi connectivity index (χ3v) is 5.57. The Hall–Kier alpha value is -2.54. The molecule has 7 heteroatoms. The van der Waals surface area contributed by atoms with Gasteiger partial charge in [0.2, 0.25) is 17.6 Å². The van der Waals surface area contributed by atoms with Gasteiger partial charge >= 0.3 is 0 Å². The lowest BCUT2D eigenvalue weighted by Crippen LogP contribution is -2.24. The summed E-state index contributed by atoms with van der Waals surface area (Å²) in [5.41, 5.74) is 2.76. The van der Waals surface area contributed by atoms with E-state index < -0.39 is 0 Å². The van der Waals surface area contributed by atoms with Gasteiger partial charge in [0.05, 0.1) is 10.4 Å². The molecule has 0 aliphatic carbocycles. The second-order valence-corrected chi connectivity index (χ2v) is 8.09. The van der Waals surface area contributed by atoms with Gasteiger partial charge in [0.15, 0.2) is 0 Å². The van der Waals surface area contributed by atoms with Crippen molar-refractivity contribution in [3.05, 3.63) is 64.2 Å². The van der Waals surface area contributed by atoms with Crippen molar-refractivity contribution in [3.63, 3.8) is 0 Å². The van der Waals surface area contributed by atoms with Crippen LogP contribution in [0.15, 0.2) is 51.5 Å². The van der Waals surface area contributed by atoms with Crippen molar-refractivity contribution < 1.29 is 13.7 Å². The van der Waals surface area contributed by atoms with Gasteiger partial charge < -0.3 is 9.42 Å². The molecule has 1 atom stereocenters. The summed E-state index contributed by atoms with van der Waals surface area (Å²) < 4.78 is 19.2. The fourth-order valence-electron chi connectivity index (χ4n) is 3.32. The van der Waals surface area contributed by atoms with Crippen LogP contribution in [0, 0.1) is 5.82 Å². The number of carbonyl (C=O) groups excluding carboxylic acids is 1. The molecule has 3 aromatic rings. The number of hydrogen-bond donors (Lipinski definition) is 0. The molecule has 1 saturated heterocycles. The van der Waals surface area contributed by atoms with Crippen LogP contribution in [0.5, 0.6) is 0 Å². The minimum absolute atomic E-state index is 0.0339. The van der Waals surface area contributed by atoms with Crippen LogP contribution in [-0.4, -0.2) is 22.6 Å². The molecule has 1 fully saturated rings. The van der Waals surface area contributed by atoms with Gasteiger partial charge in [-0.1, -0.05) is 31.1 Å². The number of hydrogen-bond acceptors (Lipinski definition) is 4. The molecule has 144 valence electrons. The third-order valence-electron chi connectivity index (χ3n) is 4.97.